The Labute approximate surface area is 184 Å². The van der Waals surface area contributed by atoms with Crippen molar-refractivity contribution < 1.29 is 24.8 Å². The molecule has 0 unspecified atom stereocenters. The molecule has 5 N–H and O–H groups in total. The summed E-state index contributed by atoms with van der Waals surface area (Å²) in [5.41, 5.74) is 2.60. The number of nitrogens with zero attached hydrogens (tertiary/aromatic N) is 1. The molecule has 0 radical (unpaired) electrons. The molecule has 2 aromatic carbocycles. The smallest absolute Gasteiger partial charge is 0.165 e. The molecule has 0 amide bonds. The lowest BCUT2D eigenvalue weighted by atomic mass is 10.2. The van der Waals surface area contributed by atoms with Crippen LogP contribution in [0.3, 0.4) is 0 Å². The molecule has 8 nitrogen and oxygen atoms in total. The van der Waals surface area contributed by atoms with Gasteiger partial charge in [-0.05, 0) is 44.2 Å². The molecule has 0 aliphatic carbocycles. The van der Waals surface area contributed by atoms with Crippen LogP contribution in [0.15, 0.2) is 36.4 Å². The van der Waals surface area contributed by atoms with Gasteiger partial charge in [0.25, 0.3) is 0 Å². The summed E-state index contributed by atoms with van der Waals surface area (Å²) in [5, 5.41) is 34.2. The monoisotopic (exact) mass is 433 g/mol. The van der Waals surface area contributed by atoms with Gasteiger partial charge >= 0.3 is 0 Å². The Morgan fingerprint density at radius 3 is 2.35 bits per heavy atom. The van der Waals surface area contributed by atoms with Gasteiger partial charge in [-0.25, -0.2) is 0 Å². The number of rotatable bonds is 15. The van der Waals surface area contributed by atoms with E-state index in [-0.39, 0.29) is 13.2 Å². The number of anilines is 2. The SMILES string of the molecule is Cc1ccc(NCCCN(C)COc2cc(NCCO)ccc2OCCCO)cc1O. The number of aryl methyl sites for hydroxylation is 1. The fraction of sp³-hybridized carbons (Fsp3) is 0.478. The van der Waals surface area contributed by atoms with Crippen molar-refractivity contribution in [2.24, 2.45) is 0 Å². The first-order valence-electron chi connectivity index (χ1n) is 10.6. The zero-order valence-electron chi connectivity index (χ0n) is 18.4. The van der Waals surface area contributed by atoms with Crippen LogP contribution in [0.5, 0.6) is 17.2 Å². The molecule has 8 heteroatoms. The van der Waals surface area contributed by atoms with Gasteiger partial charge in [0.05, 0.1) is 13.2 Å². The Morgan fingerprint density at radius 1 is 0.871 bits per heavy atom. The van der Waals surface area contributed by atoms with Crippen LogP contribution < -0.4 is 20.1 Å². The average Bonchev–Trinajstić information content (AvgIpc) is 2.77. The third-order valence-corrected chi connectivity index (χ3v) is 4.64. The normalized spacial score (nSPS) is 10.9. The van der Waals surface area contributed by atoms with Gasteiger partial charge in [-0.15, -0.1) is 0 Å². The summed E-state index contributed by atoms with van der Waals surface area (Å²) in [6.45, 7) is 4.86. The molecule has 0 heterocycles. The van der Waals surface area contributed by atoms with E-state index < -0.39 is 0 Å². The van der Waals surface area contributed by atoms with Crippen molar-refractivity contribution in [2.45, 2.75) is 19.8 Å². The fourth-order valence-electron chi connectivity index (χ4n) is 2.84. The van der Waals surface area contributed by atoms with Crippen LogP contribution in [-0.2, 0) is 0 Å². The maximum absolute atomic E-state index is 9.78. The van der Waals surface area contributed by atoms with E-state index in [2.05, 4.69) is 15.5 Å². The third kappa shape index (κ3) is 8.92. The summed E-state index contributed by atoms with van der Waals surface area (Å²) in [4.78, 5) is 2.07. The van der Waals surface area contributed by atoms with Crippen molar-refractivity contribution in [3.8, 4) is 17.2 Å². The second-order valence-corrected chi connectivity index (χ2v) is 7.37. The molecule has 0 saturated heterocycles. The van der Waals surface area contributed by atoms with E-state index in [1.54, 1.807) is 6.07 Å². The van der Waals surface area contributed by atoms with E-state index in [0.717, 1.165) is 36.4 Å². The number of hydrogen-bond acceptors (Lipinski definition) is 8. The number of phenols is 1. The minimum atomic E-state index is 0.0456. The summed E-state index contributed by atoms with van der Waals surface area (Å²) < 4.78 is 11.7. The second kappa shape index (κ2) is 13.6. The standard InChI is InChI=1S/C23H35N3O5/c1-18-5-6-19(15-21(18)29)24-9-3-11-26(2)17-31-23-16-20(25-10-13-28)7-8-22(23)30-14-4-12-27/h5-8,15-16,24-25,27-29H,3-4,9-14,17H2,1-2H3. The highest BCUT2D eigenvalue weighted by atomic mass is 16.5. The summed E-state index contributed by atoms with van der Waals surface area (Å²) in [5.74, 6) is 1.53. The van der Waals surface area contributed by atoms with Crippen LogP contribution >= 0.6 is 0 Å². The molecule has 0 aliphatic rings. The number of ether oxygens (including phenoxy) is 2. The molecule has 0 saturated carbocycles. The van der Waals surface area contributed by atoms with Crippen LogP contribution in [-0.4, -0.2) is 73.5 Å². The lowest BCUT2D eigenvalue weighted by Gasteiger charge is -2.20. The Bertz CT molecular complexity index is 788. The molecular formula is C23H35N3O5. The van der Waals surface area contributed by atoms with Crippen molar-refractivity contribution in [2.75, 3.05) is 63.9 Å². The minimum absolute atomic E-state index is 0.0456. The Balaban J connectivity index is 1.81. The van der Waals surface area contributed by atoms with Gasteiger partial charge in [0.15, 0.2) is 11.5 Å². The van der Waals surface area contributed by atoms with Gasteiger partial charge in [-0.3, -0.25) is 4.90 Å². The van der Waals surface area contributed by atoms with Gasteiger partial charge in [-0.1, -0.05) is 6.07 Å². The van der Waals surface area contributed by atoms with E-state index in [4.69, 9.17) is 19.7 Å². The fourth-order valence-corrected chi connectivity index (χ4v) is 2.84. The summed E-state index contributed by atoms with van der Waals surface area (Å²) >= 11 is 0. The highest BCUT2D eigenvalue weighted by Gasteiger charge is 2.09. The Kier molecular flexibility index (Phi) is 10.8. The molecule has 0 atom stereocenters. The molecule has 0 aromatic heterocycles. The Morgan fingerprint density at radius 2 is 1.61 bits per heavy atom. The van der Waals surface area contributed by atoms with Gasteiger partial charge in [0.1, 0.15) is 12.5 Å². The van der Waals surface area contributed by atoms with Crippen LogP contribution in [0.25, 0.3) is 0 Å². The molecule has 0 fully saturated rings. The largest absolute Gasteiger partial charge is 0.508 e. The van der Waals surface area contributed by atoms with Crippen molar-refractivity contribution in [3.63, 3.8) is 0 Å². The van der Waals surface area contributed by atoms with Crippen LogP contribution in [0.2, 0.25) is 0 Å². The number of benzene rings is 2. The first-order chi connectivity index (χ1) is 15.0. The molecule has 2 rings (SSSR count). The van der Waals surface area contributed by atoms with Gasteiger partial charge in [0, 0.05) is 56.2 Å². The number of nitrogens with one attached hydrogen (secondary N) is 2. The topological polar surface area (TPSA) is 106 Å². The first kappa shape index (κ1) is 24.6. The van der Waals surface area contributed by atoms with Gasteiger partial charge in [-0.2, -0.15) is 0 Å². The molecule has 0 aliphatic heterocycles. The highest BCUT2D eigenvalue weighted by molar-refractivity contribution is 5.55. The van der Waals surface area contributed by atoms with Crippen LogP contribution in [0.1, 0.15) is 18.4 Å². The quantitative estimate of drug-likeness (QED) is 0.216. The Hall–Kier alpha value is -2.68. The van der Waals surface area contributed by atoms with Crippen LogP contribution in [0, 0.1) is 6.92 Å². The summed E-state index contributed by atoms with van der Waals surface area (Å²) in [7, 11) is 1.98. The third-order valence-electron chi connectivity index (χ3n) is 4.64. The van der Waals surface area contributed by atoms with Crippen molar-refractivity contribution >= 4 is 11.4 Å². The summed E-state index contributed by atoms with van der Waals surface area (Å²) in [6, 6.07) is 11.1. The minimum Gasteiger partial charge on any atom is -0.508 e. The van der Waals surface area contributed by atoms with Gasteiger partial charge < -0.3 is 35.4 Å². The predicted octanol–water partition coefficient (Wildman–Crippen LogP) is 2.64. The second-order valence-electron chi connectivity index (χ2n) is 7.37. The number of hydrogen-bond donors (Lipinski definition) is 5. The molecule has 0 spiro atoms. The molecule has 0 bridgehead atoms. The van der Waals surface area contributed by atoms with E-state index in [9.17, 15) is 5.11 Å². The molecule has 31 heavy (non-hydrogen) atoms. The maximum atomic E-state index is 9.78. The highest BCUT2D eigenvalue weighted by Crippen LogP contribution is 2.31. The number of phenolic OH excluding ortho intramolecular Hbond substituents is 1. The zero-order valence-corrected chi connectivity index (χ0v) is 18.4. The van der Waals surface area contributed by atoms with Crippen LogP contribution in [0.4, 0.5) is 11.4 Å². The maximum Gasteiger partial charge on any atom is 0.165 e. The first-order valence-corrected chi connectivity index (χ1v) is 10.6. The van der Waals surface area contributed by atoms with Crippen molar-refractivity contribution in [3.05, 3.63) is 42.0 Å². The number of aliphatic hydroxyl groups excluding tert-OH is 2. The van der Waals surface area contributed by atoms with Gasteiger partial charge in [0.2, 0.25) is 0 Å². The van der Waals surface area contributed by atoms with Crippen molar-refractivity contribution in [1.82, 2.24) is 4.90 Å². The predicted molar refractivity (Wildman–Crippen MR) is 123 cm³/mol. The average molecular weight is 434 g/mol. The lowest BCUT2D eigenvalue weighted by Crippen LogP contribution is -2.26. The van der Waals surface area contributed by atoms with E-state index in [1.165, 1.54) is 0 Å². The molecule has 2 aromatic rings. The van der Waals surface area contributed by atoms with E-state index >= 15 is 0 Å². The number of aliphatic hydroxyl groups is 2. The van der Waals surface area contributed by atoms with Crippen molar-refractivity contribution in [1.29, 1.82) is 0 Å². The van der Waals surface area contributed by atoms with E-state index in [0.29, 0.717) is 43.6 Å². The number of aromatic hydroxyl groups is 1. The lowest BCUT2D eigenvalue weighted by molar-refractivity contribution is 0.145. The van der Waals surface area contributed by atoms with E-state index in [1.807, 2.05) is 44.3 Å². The molecule has 172 valence electrons. The zero-order chi connectivity index (χ0) is 22.5. The molecular weight excluding hydrogens is 398 g/mol. The summed E-state index contributed by atoms with van der Waals surface area (Å²) in [6.07, 6.45) is 1.46.